The molecule has 0 saturated carbocycles. The molecule has 41 nitrogen and oxygen atoms in total. The van der Waals surface area contributed by atoms with Gasteiger partial charge in [-0.3, -0.25) is 0 Å². The molecule has 32 rings (SSSR count). The molecule has 0 unspecified atom stereocenters. The summed E-state index contributed by atoms with van der Waals surface area (Å²) < 4.78 is 122. The monoisotopic (exact) mass is 1470 g/mol. The first kappa shape index (κ1) is 78.2. The Hall–Kier alpha value is -2.91. The maximum Gasteiger partial charge on any atom is 0.187 e. The molecule has 2 aromatic rings. The van der Waals surface area contributed by atoms with Gasteiger partial charge in [0, 0.05) is 0 Å². The highest BCUT2D eigenvalue weighted by atomic mass is 32.2. The molecule has 30 heterocycles. The van der Waals surface area contributed by atoms with E-state index >= 15 is 0 Å². The molecule has 0 aliphatic carbocycles. The predicted molar refractivity (Wildman–Crippen MR) is 310 cm³/mol. The number of hydrogen-bond acceptors (Lipinski definition) is 41. The lowest BCUT2D eigenvalue weighted by Crippen LogP contribution is -2.69. The van der Waals surface area contributed by atoms with Crippen LogP contribution in [-0.4, -0.2) is 424 Å². The molecule has 30 aliphatic heterocycles. The van der Waals surface area contributed by atoms with E-state index in [-0.39, 0.29) is 4.90 Å². The molecule has 570 valence electrons. The van der Waals surface area contributed by atoms with Gasteiger partial charge in [0.1, 0.15) is 195 Å². The van der Waals surface area contributed by atoms with Gasteiger partial charge >= 0.3 is 0 Å². The summed E-state index contributed by atoms with van der Waals surface area (Å²) in [5.74, 6) is -1.19. The summed E-state index contributed by atoms with van der Waals surface area (Å²) in [7, 11) is -4.64. The van der Waals surface area contributed by atoms with Crippen molar-refractivity contribution < 1.29 is 202 Å². The molecule has 16 bridgehead atoms. The smallest absolute Gasteiger partial charge is 0.187 e. The zero-order chi connectivity index (χ0) is 72.2. The quantitative estimate of drug-likeness (QED) is 0.105. The minimum absolute atomic E-state index is 0.325. The predicted octanol–water partition coefficient (Wildman–Crippen LogP) is -14.8. The number of fused-ring (bicyclic) bond motifs is 1. The summed E-state index contributed by atoms with van der Waals surface area (Å²) in [6.45, 7) is -7.84. The molecule has 2 aromatic carbocycles. The number of aliphatic hydroxyl groups excluding tert-OH is 23. The standard InChI is InChI=1S/C58H86O41S/c59-8-19-43-27(66)35(74)51(84-19)93-44-20(9-60)86-53(37(76)29(44)68)95-46-22(11-62)88-55(39(78)31(46)70)97-48-24(13-64)90-57(41(80)33(48)72)99-50-26(15-100(82,83)18-6-5-16-3-1-2-4-17(16)7-18)91-58(42(81)34(50)73)98-49-25(14-65)89-56(40(79)32(49)71)96-47-23(12-63)87-54(38(77)30(47)69)94-45-21(10-61)85-52(92-43)36(75)28(45)67/h1-7,19-81H,8-15H2/t19-,20-,21-,22-,23-,24-,25-,26-,27-,28-,29-,30-,31-,32-,33-,34-,35-,36-,37-,38-,39-,40-,41-,42-,43-,44-,45-,46-,47-,48-,49-,50-,51-,52-,53-,54-,55-,56-,57-,58-/m1/s1. The fraction of sp³-hybridized carbons (Fsp3) is 0.828. The number of hydrogen-bond donors (Lipinski definition) is 23. The number of ether oxygens (including phenoxy) is 16. The molecular weight excluding hydrogens is 1380 g/mol. The van der Waals surface area contributed by atoms with Crippen molar-refractivity contribution in [2.75, 3.05) is 52.0 Å². The Balaban J connectivity index is 0.887. The van der Waals surface area contributed by atoms with Gasteiger partial charge in [0.25, 0.3) is 0 Å². The number of rotatable bonds is 10. The van der Waals surface area contributed by atoms with Gasteiger partial charge in [-0.25, -0.2) is 8.42 Å². The van der Waals surface area contributed by atoms with Crippen LogP contribution in [0.15, 0.2) is 47.4 Å². The molecule has 0 spiro atoms. The highest BCUT2D eigenvalue weighted by Gasteiger charge is 2.61. The van der Waals surface area contributed by atoms with Gasteiger partial charge in [-0.15, -0.1) is 0 Å². The molecule has 23 N–H and O–H groups in total. The molecule has 30 fully saturated rings. The lowest BCUT2D eigenvalue weighted by Gasteiger charge is -2.50. The van der Waals surface area contributed by atoms with E-state index in [4.69, 9.17) is 75.8 Å². The van der Waals surface area contributed by atoms with E-state index in [1.165, 1.54) is 18.2 Å². The fourth-order valence-corrected chi connectivity index (χ4v) is 15.0. The van der Waals surface area contributed by atoms with Crippen LogP contribution in [0.2, 0.25) is 0 Å². The largest absolute Gasteiger partial charge is 0.394 e. The topological polar surface area (TPSA) is 647 Å². The summed E-state index contributed by atoms with van der Waals surface area (Å²) in [6, 6.07) is 10.6. The molecule has 0 aromatic heterocycles. The second-order valence-corrected chi connectivity index (χ2v) is 27.6. The van der Waals surface area contributed by atoms with E-state index in [1.54, 1.807) is 24.3 Å². The average Bonchev–Trinajstić information content (AvgIpc) is 1.00. The van der Waals surface area contributed by atoms with Gasteiger partial charge in [-0.1, -0.05) is 30.3 Å². The summed E-state index contributed by atoms with van der Waals surface area (Å²) in [5.41, 5.74) is 0. The molecule has 0 radical (unpaired) electrons. The van der Waals surface area contributed by atoms with Crippen LogP contribution in [0.1, 0.15) is 0 Å². The Kier molecular flexibility index (Phi) is 25.5. The zero-order valence-corrected chi connectivity index (χ0v) is 53.2. The highest BCUT2D eigenvalue weighted by molar-refractivity contribution is 7.91. The first-order valence-electron chi connectivity index (χ1n) is 32.0. The second-order valence-electron chi connectivity index (χ2n) is 25.6. The summed E-state index contributed by atoms with van der Waals surface area (Å²) >= 11 is 0. The average molecular weight is 1470 g/mol. The Morgan fingerprint density at radius 1 is 0.240 bits per heavy atom. The van der Waals surface area contributed by atoms with Crippen LogP contribution in [0, 0.1) is 0 Å². The van der Waals surface area contributed by atoms with Crippen molar-refractivity contribution in [1.82, 2.24) is 0 Å². The third-order valence-electron chi connectivity index (χ3n) is 19.2. The number of benzene rings is 2. The third-order valence-corrected chi connectivity index (χ3v) is 20.9. The van der Waals surface area contributed by atoms with Gasteiger partial charge in [0.15, 0.2) is 60.2 Å². The first-order chi connectivity index (χ1) is 47.6. The second kappa shape index (κ2) is 32.7. The summed E-state index contributed by atoms with van der Waals surface area (Å²) in [5, 5.41) is 260. The van der Waals surface area contributed by atoms with Crippen LogP contribution in [0.4, 0.5) is 0 Å². The van der Waals surface area contributed by atoms with Crippen LogP contribution in [0.3, 0.4) is 0 Å². The molecule has 0 amide bonds. The lowest BCUT2D eigenvalue weighted by atomic mass is 9.95. The van der Waals surface area contributed by atoms with Gasteiger partial charge in [-0.2, -0.15) is 0 Å². The van der Waals surface area contributed by atoms with Crippen molar-refractivity contribution in [2.24, 2.45) is 0 Å². The Morgan fingerprint density at radius 2 is 0.430 bits per heavy atom. The van der Waals surface area contributed by atoms with Crippen LogP contribution in [-0.2, 0) is 85.6 Å². The minimum atomic E-state index is -4.64. The van der Waals surface area contributed by atoms with E-state index in [2.05, 4.69) is 0 Å². The van der Waals surface area contributed by atoms with Crippen molar-refractivity contribution in [3.8, 4) is 0 Å². The number of aliphatic hydroxyl groups is 23. The Labute approximate surface area is 565 Å². The summed E-state index contributed by atoms with van der Waals surface area (Å²) in [6.07, 6.45) is -85.0. The van der Waals surface area contributed by atoms with Crippen molar-refractivity contribution in [3.05, 3.63) is 42.5 Å². The van der Waals surface area contributed by atoms with Crippen LogP contribution < -0.4 is 0 Å². The maximum absolute atomic E-state index is 14.5. The van der Waals surface area contributed by atoms with Crippen molar-refractivity contribution in [1.29, 1.82) is 0 Å². The Morgan fingerprint density at radius 3 is 0.640 bits per heavy atom. The van der Waals surface area contributed by atoms with E-state index in [0.29, 0.717) is 10.8 Å². The van der Waals surface area contributed by atoms with E-state index in [0.717, 1.165) is 0 Å². The van der Waals surface area contributed by atoms with Gasteiger partial charge in [-0.05, 0) is 22.9 Å². The zero-order valence-electron chi connectivity index (χ0n) is 52.3. The molecular formula is C58H86O41S. The highest BCUT2D eigenvalue weighted by Crippen LogP contribution is 2.40. The number of sulfone groups is 1. The third kappa shape index (κ3) is 15.4. The Bertz CT molecular complexity index is 3040. The summed E-state index contributed by atoms with van der Waals surface area (Å²) in [4.78, 5) is -0.325. The molecule has 30 saturated heterocycles. The maximum atomic E-state index is 14.5. The van der Waals surface area contributed by atoms with E-state index in [1.807, 2.05) is 0 Å². The minimum Gasteiger partial charge on any atom is -0.394 e. The van der Waals surface area contributed by atoms with E-state index < -0.39 is 307 Å². The normalized spacial score (nSPS) is 50.3. The molecule has 100 heavy (non-hydrogen) atoms. The molecule has 30 aliphatic rings. The molecule has 42 heteroatoms. The SMILES string of the molecule is O=S(=O)(C[C@H]1O[C@@H]2O[C@H]3[C@H](O)[C@@H](O)[C@@H](O[C@H]4[C@H](O)[C@@H](O)[C@@H](O[C@H]5[C@H](O)[C@@H](O)[C@@H](O[C@H]6[C@H](O)[C@@H](O)[C@@H](O[C@H]7[C@H](O)[C@@H](O)[C@@H](O[C@H]8[C@H](O)[C@@H](O)[C@@H](O[C@H]9[C@H](O)[C@@H](O)[C@@H](O[C@H]1[C@H](O)[C@H]2O)O[C@@H]9CO)O[C@@H]8CO)O[C@@H]7CO)O[C@@H]6CO)O[C@@H]5CO)O[C@@H]4CO)O[C@@H]3CO)c1ccc2ccccc2c1. The lowest BCUT2D eigenvalue weighted by molar-refractivity contribution is -0.403. The van der Waals surface area contributed by atoms with Crippen LogP contribution >= 0.6 is 0 Å². The fourth-order valence-electron chi connectivity index (χ4n) is 13.6. The van der Waals surface area contributed by atoms with Crippen LogP contribution in [0.5, 0.6) is 0 Å². The van der Waals surface area contributed by atoms with Crippen molar-refractivity contribution >= 4 is 20.6 Å². The van der Waals surface area contributed by atoms with Crippen molar-refractivity contribution in [2.45, 2.75) is 251 Å². The van der Waals surface area contributed by atoms with Gasteiger partial charge in [0.2, 0.25) is 0 Å². The van der Waals surface area contributed by atoms with Gasteiger partial charge < -0.3 is 193 Å². The van der Waals surface area contributed by atoms with Crippen molar-refractivity contribution in [3.63, 3.8) is 0 Å². The van der Waals surface area contributed by atoms with Crippen LogP contribution in [0.25, 0.3) is 10.8 Å². The molecule has 40 atom stereocenters. The van der Waals surface area contributed by atoms with Gasteiger partial charge in [0.05, 0.1) is 56.9 Å². The van der Waals surface area contributed by atoms with E-state index in [9.17, 15) is 126 Å². The first-order valence-corrected chi connectivity index (χ1v) is 33.6.